The lowest BCUT2D eigenvalue weighted by Crippen LogP contribution is -2.04. The summed E-state index contributed by atoms with van der Waals surface area (Å²) in [6, 6.07) is 18.4. The minimum absolute atomic E-state index is 0.283. The second-order valence-electron chi connectivity index (χ2n) is 5.00. The van der Waals surface area contributed by atoms with Gasteiger partial charge in [0, 0.05) is 18.2 Å². The molecule has 4 heteroatoms. The summed E-state index contributed by atoms with van der Waals surface area (Å²) >= 11 is 0. The molecule has 0 saturated heterocycles. The van der Waals surface area contributed by atoms with E-state index >= 15 is 0 Å². The Hall–Kier alpha value is -2.75. The first-order valence-corrected chi connectivity index (χ1v) is 7.11. The summed E-state index contributed by atoms with van der Waals surface area (Å²) in [6.07, 6.45) is 0. The zero-order chi connectivity index (χ0) is 15.4. The van der Waals surface area contributed by atoms with E-state index in [0.29, 0.717) is 29.4 Å². The predicted molar refractivity (Wildman–Crippen MR) is 85.9 cm³/mol. The molecule has 1 heterocycles. The normalized spacial score (nSPS) is 10.5. The molecule has 0 spiro atoms. The van der Waals surface area contributed by atoms with Gasteiger partial charge in [0.15, 0.2) is 0 Å². The van der Waals surface area contributed by atoms with Gasteiger partial charge in [-0.3, -0.25) is 0 Å². The highest BCUT2D eigenvalue weighted by Crippen LogP contribution is 2.22. The number of nitrogens with one attached hydrogen (secondary N) is 1. The Kier molecular flexibility index (Phi) is 4.10. The van der Waals surface area contributed by atoms with Gasteiger partial charge < -0.3 is 5.32 Å². The number of halogens is 1. The summed E-state index contributed by atoms with van der Waals surface area (Å²) in [6.45, 7) is 2.46. The molecule has 3 nitrogen and oxygen atoms in total. The van der Waals surface area contributed by atoms with Crippen LogP contribution in [0.3, 0.4) is 0 Å². The van der Waals surface area contributed by atoms with Crippen LogP contribution >= 0.6 is 0 Å². The summed E-state index contributed by atoms with van der Waals surface area (Å²) in [7, 11) is 0. The molecule has 0 aliphatic carbocycles. The van der Waals surface area contributed by atoms with Gasteiger partial charge in [-0.05, 0) is 24.6 Å². The molecule has 3 aromatic rings. The van der Waals surface area contributed by atoms with Crippen LogP contribution in [0.25, 0.3) is 11.3 Å². The smallest absolute Gasteiger partial charge is 0.132 e. The second-order valence-corrected chi connectivity index (χ2v) is 5.00. The molecule has 0 bridgehead atoms. The lowest BCUT2D eigenvalue weighted by atomic mass is 10.1. The van der Waals surface area contributed by atoms with Crippen LogP contribution < -0.4 is 5.32 Å². The zero-order valence-electron chi connectivity index (χ0n) is 12.3. The predicted octanol–water partition coefficient (Wildman–Crippen LogP) is 4.20. The second kappa shape index (κ2) is 6.35. The Morgan fingerprint density at radius 2 is 1.68 bits per heavy atom. The fourth-order valence-corrected chi connectivity index (χ4v) is 2.25. The van der Waals surface area contributed by atoms with Gasteiger partial charge in [-0.1, -0.05) is 42.5 Å². The van der Waals surface area contributed by atoms with E-state index in [-0.39, 0.29) is 5.82 Å². The number of hydrogen-bond donors (Lipinski definition) is 1. The van der Waals surface area contributed by atoms with E-state index in [4.69, 9.17) is 0 Å². The molecule has 0 amide bonds. The Balaban J connectivity index is 1.86. The lowest BCUT2D eigenvalue weighted by molar-refractivity contribution is 0.630. The quantitative estimate of drug-likeness (QED) is 0.783. The maximum absolute atomic E-state index is 13.9. The Bertz CT molecular complexity index is 772. The monoisotopic (exact) mass is 293 g/mol. The molecule has 0 saturated carbocycles. The van der Waals surface area contributed by atoms with E-state index < -0.39 is 0 Å². The van der Waals surface area contributed by atoms with Crippen molar-refractivity contribution in [2.24, 2.45) is 0 Å². The topological polar surface area (TPSA) is 37.8 Å². The summed E-state index contributed by atoms with van der Waals surface area (Å²) in [5, 5.41) is 3.26. The standard InChI is InChI=1S/C18H16FN3/c1-13-21-17(15-9-5-6-10-16(15)19)11-18(22-13)20-12-14-7-3-2-4-8-14/h2-11H,12H2,1H3,(H,20,21,22). The largest absolute Gasteiger partial charge is 0.366 e. The van der Waals surface area contributed by atoms with Crippen molar-refractivity contribution in [3.8, 4) is 11.3 Å². The molecule has 0 radical (unpaired) electrons. The number of hydrogen-bond acceptors (Lipinski definition) is 3. The Morgan fingerprint density at radius 3 is 2.45 bits per heavy atom. The number of aryl methyl sites for hydroxylation is 1. The lowest BCUT2D eigenvalue weighted by Gasteiger charge is -2.09. The van der Waals surface area contributed by atoms with Gasteiger partial charge in [-0.25, -0.2) is 14.4 Å². The molecule has 3 rings (SSSR count). The Labute approximate surface area is 128 Å². The molecule has 1 aromatic heterocycles. The van der Waals surface area contributed by atoms with Gasteiger partial charge in [0.2, 0.25) is 0 Å². The van der Waals surface area contributed by atoms with Gasteiger partial charge in [0.25, 0.3) is 0 Å². The minimum atomic E-state index is -0.283. The van der Waals surface area contributed by atoms with Crippen molar-refractivity contribution in [1.29, 1.82) is 0 Å². The molecule has 0 fully saturated rings. The fourth-order valence-electron chi connectivity index (χ4n) is 2.25. The summed E-state index contributed by atoms with van der Waals surface area (Å²) in [5.41, 5.74) is 2.23. The van der Waals surface area contributed by atoms with Crippen molar-refractivity contribution >= 4 is 5.82 Å². The van der Waals surface area contributed by atoms with Crippen molar-refractivity contribution in [3.05, 3.63) is 77.9 Å². The molecule has 0 unspecified atom stereocenters. The first-order chi connectivity index (χ1) is 10.7. The van der Waals surface area contributed by atoms with E-state index in [2.05, 4.69) is 15.3 Å². The van der Waals surface area contributed by atoms with Crippen LogP contribution in [0.15, 0.2) is 60.7 Å². The highest BCUT2D eigenvalue weighted by molar-refractivity contribution is 5.63. The molecular weight excluding hydrogens is 277 g/mol. The molecule has 0 aliphatic rings. The fraction of sp³-hybridized carbons (Fsp3) is 0.111. The average molecular weight is 293 g/mol. The van der Waals surface area contributed by atoms with Crippen molar-refractivity contribution in [3.63, 3.8) is 0 Å². The van der Waals surface area contributed by atoms with E-state index in [1.807, 2.05) is 30.3 Å². The highest BCUT2D eigenvalue weighted by atomic mass is 19.1. The van der Waals surface area contributed by atoms with Gasteiger partial charge in [0.05, 0.1) is 5.69 Å². The molecule has 110 valence electrons. The van der Waals surface area contributed by atoms with Crippen LogP contribution in [0.4, 0.5) is 10.2 Å². The number of benzene rings is 2. The van der Waals surface area contributed by atoms with Crippen molar-refractivity contribution in [2.75, 3.05) is 5.32 Å². The molecule has 22 heavy (non-hydrogen) atoms. The highest BCUT2D eigenvalue weighted by Gasteiger charge is 2.08. The van der Waals surface area contributed by atoms with Crippen LogP contribution in [0.1, 0.15) is 11.4 Å². The summed E-state index contributed by atoms with van der Waals surface area (Å²) in [5.74, 6) is 1.01. The minimum Gasteiger partial charge on any atom is -0.366 e. The maximum Gasteiger partial charge on any atom is 0.132 e. The maximum atomic E-state index is 13.9. The molecule has 0 atom stereocenters. The number of nitrogens with zero attached hydrogens (tertiary/aromatic N) is 2. The van der Waals surface area contributed by atoms with Crippen LogP contribution in [-0.4, -0.2) is 9.97 Å². The zero-order valence-corrected chi connectivity index (χ0v) is 12.3. The Morgan fingerprint density at radius 1 is 0.955 bits per heavy atom. The van der Waals surface area contributed by atoms with Gasteiger partial charge >= 0.3 is 0 Å². The molecule has 0 aliphatic heterocycles. The van der Waals surface area contributed by atoms with Gasteiger partial charge in [-0.2, -0.15) is 0 Å². The van der Waals surface area contributed by atoms with Gasteiger partial charge in [-0.15, -0.1) is 0 Å². The van der Waals surface area contributed by atoms with Crippen LogP contribution in [0.2, 0.25) is 0 Å². The third-order valence-electron chi connectivity index (χ3n) is 3.30. The van der Waals surface area contributed by atoms with E-state index in [9.17, 15) is 4.39 Å². The van der Waals surface area contributed by atoms with Gasteiger partial charge in [0.1, 0.15) is 17.5 Å². The first-order valence-electron chi connectivity index (χ1n) is 7.11. The van der Waals surface area contributed by atoms with Crippen molar-refractivity contribution in [2.45, 2.75) is 13.5 Å². The van der Waals surface area contributed by atoms with E-state index in [1.54, 1.807) is 31.2 Å². The third-order valence-corrected chi connectivity index (χ3v) is 3.30. The van der Waals surface area contributed by atoms with Crippen molar-refractivity contribution < 1.29 is 4.39 Å². The van der Waals surface area contributed by atoms with Crippen molar-refractivity contribution in [1.82, 2.24) is 9.97 Å². The SMILES string of the molecule is Cc1nc(NCc2ccccc2)cc(-c2ccccc2F)n1. The molecular formula is C18H16FN3. The summed E-state index contributed by atoms with van der Waals surface area (Å²) < 4.78 is 13.9. The first kappa shape index (κ1) is 14.2. The number of rotatable bonds is 4. The van der Waals surface area contributed by atoms with E-state index in [1.165, 1.54) is 6.07 Å². The molecule has 2 aromatic carbocycles. The van der Waals surface area contributed by atoms with Crippen LogP contribution in [0.5, 0.6) is 0 Å². The average Bonchev–Trinajstić information content (AvgIpc) is 2.54. The summed E-state index contributed by atoms with van der Waals surface area (Å²) in [4.78, 5) is 8.69. The number of aromatic nitrogens is 2. The van der Waals surface area contributed by atoms with Crippen LogP contribution in [0, 0.1) is 12.7 Å². The van der Waals surface area contributed by atoms with E-state index in [0.717, 1.165) is 5.56 Å². The molecule has 1 N–H and O–H groups in total. The third kappa shape index (κ3) is 3.28. The van der Waals surface area contributed by atoms with Crippen LogP contribution in [-0.2, 0) is 6.54 Å². The number of anilines is 1.